The summed E-state index contributed by atoms with van der Waals surface area (Å²) in [5, 5.41) is 14.0. The molecule has 1 aliphatic carbocycles. The van der Waals surface area contributed by atoms with Crippen LogP contribution in [0.15, 0.2) is 24.0 Å². The van der Waals surface area contributed by atoms with Gasteiger partial charge in [0.25, 0.3) is 5.91 Å². The second-order valence-corrected chi connectivity index (χ2v) is 6.47. The number of ether oxygens (including phenoxy) is 2. The van der Waals surface area contributed by atoms with E-state index in [0.29, 0.717) is 29.2 Å². The summed E-state index contributed by atoms with van der Waals surface area (Å²) in [7, 11) is 1.56. The summed E-state index contributed by atoms with van der Waals surface area (Å²) in [4.78, 5) is 12.6. The third-order valence-electron chi connectivity index (χ3n) is 4.98. The number of carbonyl (C=O) groups excluding carboxylic acids is 1. The average Bonchev–Trinajstić information content (AvgIpc) is 2.73. The molecule has 1 saturated carbocycles. The summed E-state index contributed by atoms with van der Waals surface area (Å²) in [6.07, 6.45) is 5.89. The van der Waals surface area contributed by atoms with Crippen molar-refractivity contribution in [3.63, 3.8) is 0 Å². The van der Waals surface area contributed by atoms with Gasteiger partial charge in [-0.25, -0.2) is 0 Å². The number of carbonyl (C=O) groups is 1. The van der Waals surface area contributed by atoms with Crippen molar-refractivity contribution < 1.29 is 19.4 Å². The van der Waals surface area contributed by atoms with E-state index in [1.807, 2.05) is 6.92 Å². The van der Waals surface area contributed by atoms with Crippen LogP contribution in [0.25, 0.3) is 5.57 Å². The predicted octanol–water partition coefficient (Wildman–Crippen LogP) is 3.59. The first-order valence-electron chi connectivity index (χ1n) is 8.69. The second kappa shape index (κ2) is 6.75. The number of benzene rings is 1. The first kappa shape index (κ1) is 16.7. The molecule has 1 spiro atoms. The van der Waals surface area contributed by atoms with Crippen LogP contribution in [0.5, 0.6) is 11.5 Å². The van der Waals surface area contributed by atoms with Crippen molar-refractivity contribution in [2.75, 3.05) is 13.7 Å². The maximum Gasteiger partial charge on any atom is 0.256 e. The lowest BCUT2D eigenvalue weighted by molar-refractivity contribution is -0.116. The Balaban J connectivity index is 2.03. The van der Waals surface area contributed by atoms with Gasteiger partial charge in [-0.05, 0) is 31.9 Å². The number of hydrogen-bond donors (Lipinski definition) is 2. The fraction of sp³-hybridized carbons (Fsp3) is 0.526. The van der Waals surface area contributed by atoms with Crippen molar-refractivity contribution >= 4 is 11.5 Å². The van der Waals surface area contributed by atoms with Gasteiger partial charge in [-0.2, -0.15) is 0 Å². The Kier molecular flexibility index (Phi) is 4.69. The molecule has 0 unspecified atom stereocenters. The summed E-state index contributed by atoms with van der Waals surface area (Å²) in [6, 6.07) is 5.34. The number of methoxy groups -OCH3 is 1. The SMILES string of the molecule is CCOc1ccc(C2=C(O)C3(CCCCCC3)NC2=O)c(OC)c1. The number of amides is 1. The van der Waals surface area contributed by atoms with Crippen LogP contribution in [-0.2, 0) is 4.79 Å². The van der Waals surface area contributed by atoms with Crippen molar-refractivity contribution in [1.29, 1.82) is 0 Å². The standard InChI is InChI=1S/C19H25NO4/c1-3-24-13-8-9-14(15(12-13)23-2)16-17(21)19(20-18(16)22)10-6-4-5-7-11-19/h8-9,12,21H,3-7,10-11H2,1-2H3,(H,20,22). The van der Waals surface area contributed by atoms with E-state index in [1.165, 1.54) is 0 Å². The lowest BCUT2D eigenvalue weighted by Crippen LogP contribution is -2.44. The summed E-state index contributed by atoms with van der Waals surface area (Å²) in [5.41, 5.74) is 0.334. The highest BCUT2D eigenvalue weighted by molar-refractivity contribution is 6.23. The van der Waals surface area contributed by atoms with Gasteiger partial charge in [0.05, 0.1) is 24.8 Å². The third kappa shape index (κ3) is 2.83. The van der Waals surface area contributed by atoms with Crippen LogP contribution < -0.4 is 14.8 Å². The minimum Gasteiger partial charge on any atom is -0.509 e. The molecule has 1 aromatic carbocycles. The Hall–Kier alpha value is -2.17. The number of hydrogen-bond acceptors (Lipinski definition) is 4. The van der Waals surface area contributed by atoms with Crippen LogP contribution in [-0.4, -0.2) is 30.3 Å². The van der Waals surface area contributed by atoms with E-state index in [2.05, 4.69) is 5.32 Å². The fourth-order valence-electron chi connectivity index (χ4n) is 3.76. The summed E-state index contributed by atoms with van der Waals surface area (Å²) < 4.78 is 10.9. The molecule has 0 bridgehead atoms. The molecule has 5 nitrogen and oxygen atoms in total. The Bertz CT molecular complexity index is 657. The molecule has 5 heteroatoms. The maximum atomic E-state index is 12.6. The lowest BCUT2D eigenvalue weighted by atomic mass is 9.88. The van der Waals surface area contributed by atoms with Crippen molar-refractivity contribution in [3.8, 4) is 11.5 Å². The van der Waals surface area contributed by atoms with Crippen molar-refractivity contribution in [3.05, 3.63) is 29.5 Å². The van der Waals surface area contributed by atoms with E-state index in [0.717, 1.165) is 38.5 Å². The van der Waals surface area contributed by atoms with Crippen LogP contribution in [0.1, 0.15) is 51.0 Å². The van der Waals surface area contributed by atoms with Crippen LogP contribution >= 0.6 is 0 Å². The Labute approximate surface area is 142 Å². The highest BCUT2D eigenvalue weighted by Crippen LogP contribution is 2.42. The molecular formula is C19H25NO4. The van der Waals surface area contributed by atoms with Gasteiger partial charge in [0.2, 0.25) is 0 Å². The largest absolute Gasteiger partial charge is 0.509 e. The molecule has 24 heavy (non-hydrogen) atoms. The minimum absolute atomic E-state index is 0.164. The quantitative estimate of drug-likeness (QED) is 0.885. The van der Waals surface area contributed by atoms with Gasteiger partial charge >= 0.3 is 0 Å². The summed E-state index contributed by atoms with van der Waals surface area (Å²) in [5.74, 6) is 1.15. The summed E-state index contributed by atoms with van der Waals surface area (Å²) >= 11 is 0. The van der Waals surface area contributed by atoms with Gasteiger partial charge in [0.15, 0.2) is 0 Å². The minimum atomic E-state index is -0.605. The monoisotopic (exact) mass is 331 g/mol. The molecule has 1 amide bonds. The number of nitrogens with one attached hydrogen (secondary N) is 1. The molecular weight excluding hydrogens is 306 g/mol. The first-order valence-corrected chi connectivity index (χ1v) is 8.69. The zero-order valence-corrected chi connectivity index (χ0v) is 14.4. The van der Waals surface area contributed by atoms with Gasteiger partial charge < -0.3 is 19.9 Å². The smallest absolute Gasteiger partial charge is 0.256 e. The third-order valence-corrected chi connectivity index (χ3v) is 4.98. The Morgan fingerprint density at radius 1 is 1.21 bits per heavy atom. The van der Waals surface area contributed by atoms with Crippen LogP contribution in [0, 0.1) is 0 Å². The first-order chi connectivity index (χ1) is 11.6. The highest BCUT2D eigenvalue weighted by atomic mass is 16.5. The highest BCUT2D eigenvalue weighted by Gasteiger charge is 2.46. The molecule has 1 fully saturated rings. The molecule has 130 valence electrons. The molecule has 1 aromatic rings. The van der Waals surface area contributed by atoms with Gasteiger partial charge in [0.1, 0.15) is 17.3 Å². The maximum absolute atomic E-state index is 12.6. The average molecular weight is 331 g/mol. The van der Waals surface area contributed by atoms with E-state index in [-0.39, 0.29) is 11.7 Å². The predicted molar refractivity (Wildman–Crippen MR) is 92.3 cm³/mol. The van der Waals surface area contributed by atoms with E-state index >= 15 is 0 Å². The molecule has 2 aliphatic rings. The van der Waals surface area contributed by atoms with E-state index in [1.54, 1.807) is 25.3 Å². The zero-order chi connectivity index (χ0) is 17.2. The lowest BCUT2D eigenvalue weighted by Gasteiger charge is -2.28. The number of rotatable bonds is 4. The molecule has 3 rings (SSSR count). The van der Waals surface area contributed by atoms with Crippen LogP contribution in [0.2, 0.25) is 0 Å². The number of aliphatic hydroxyl groups excluding tert-OH is 1. The Morgan fingerprint density at radius 2 is 1.92 bits per heavy atom. The van der Waals surface area contributed by atoms with Crippen molar-refractivity contribution in [1.82, 2.24) is 5.32 Å². The molecule has 2 N–H and O–H groups in total. The zero-order valence-electron chi connectivity index (χ0n) is 14.4. The van der Waals surface area contributed by atoms with Gasteiger partial charge in [-0.1, -0.05) is 25.7 Å². The second-order valence-electron chi connectivity index (χ2n) is 6.47. The van der Waals surface area contributed by atoms with E-state index < -0.39 is 5.54 Å². The fourth-order valence-corrected chi connectivity index (χ4v) is 3.76. The van der Waals surface area contributed by atoms with Crippen molar-refractivity contribution in [2.45, 2.75) is 51.0 Å². The van der Waals surface area contributed by atoms with Crippen LogP contribution in [0.3, 0.4) is 0 Å². The number of aliphatic hydroxyl groups is 1. The molecule has 0 atom stereocenters. The topological polar surface area (TPSA) is 67.8 Å². The summed E-state index contributed by atoms with van der Waals surface area (Å²) in [6.45, 7) is 2.47. The molecule has 0 radical (unpaired) electrons. The van der Waals surface area contributed by atoms with Crippen molar-refractivity contribution in [2.24, 2.45) is 0 Å². The van der Waals surface area contributed by atoms with Gasteiger partial charge in [0, 0.05) is 11.6 Å². The van der Waals surface area contributed by atoms with Gasteiger partial charge in [-0.15, -0.1) is 0 Å². The molecule has 1 heterocycles. The Morgan fingerprint density at radius 3 is 2.54 bits per heavy atom. The van der Waals surface area contributed by atoms with Gasteiger partial charge in [-0.3, -0.25) is 4.79 Å². The molecule has 0 saturated heterocycles. The van der Waals surface area contributed by atoms with E-state index in [4.69, 9.17) is 9.47 Å². The molecule has 1 aliphatic heterocycles. The van der Waals surface area contributed by atoms with Crippen LogP contribution in [0.4, 0.5) is 0 Å². The molecule has 0 aromatic heterocycles. The normalized spacial score (nSPS) is 20.0. The van der Waals surface area contributed by atoms with E-state index in [9.17, 15) is 9.90 Å².